The van der Waals surface area contributed by atoms with Gasteiger partial charge in [0.2, 0.25) is 0 Å². The first-order valence-electron chi connectivity index (χ1n) is 12.2. The van der Waals surface area contributed by atoms with Gasteiger partial charge >= 0.3 is 0 Å². The van der Waals surface area contributed by atoms with Crippen LogP contribution >= 0.6 is 11.3 Å². The minimum Gasteiger partial charge on any atom is -0.336 e. The third kappa shape index (κ3) is 3.84. The van der Waals surface area contributed by atoms with Gasteiger partial charge < -0.3 is 9.88 Å². The number of nitrogens with zero attached hydrogens (tertiary/aromatic N) is 6. The Morgan fingerprint density at radius 1 is 1.09 bits per heavy atom. The number of hydrogen-bond donors (Lipinski definition) is 1. The molecule has 5 heterocycles. The van der Waals surface area contributed by atoms with E-state index < -0.39 is 0 Å². The zero-order chi connectivity index (χ0) is 24.3. The maximum atomic E-state index is 13.5. The summed E-state index contributed by atoms with van der Waals surface area (Å²) in [5.74, 6) is 0.728. The highest BCUT2D eigenvalue weighted by Gasteiger charge is 2.26. The van der Waals surface area contributed by atoms with E-state index in [2.05, 4.69) is 20.0 Å². The van der Waals surface area contributed by atoms with Crippen LogP contribution in [0.1, 0.15) is 50.9 Å². The van der Waals surface area contributed by atoms with Crippen molar-refractivity contribution < 1.29 is 4.79 Å². The second kappa shape index (κ2) is 8.53. The van der Waals surface area contributed by atoms with Gasteiger partial charge in [0.05, 0.1) is 28.6 Å². The summed E-state index contributed by atoms with van der Waals surface area (Å²) >= 11 is 1.68. The van der Waals surface area contributed by atoms with E-state index in [0.29, 0.717) is 31.0 Å². The summed E-state index contributed by atoms with van der Waals surface area (Å²) < 4.78 is 1.74. The first-order chi connectivity index (χ1) is 16.9. The second-order valence-electron chi connectivity index (χ2n) is 9.69. The molecule has 1 N–H and O–H groups in total. The Bertz CT molecular complexity index is 1520. The Morgan fingerprint density at radius 2 is 1.86 bits per heavy atom. The Hall–Kier alpha value is -3.11. The minimum absolute atomic E-state index is 0.0119. The van der Waals surface area contributed by atoms with Gasteiger partial charge in [0, 0.05) is 43.8 Å². The number of nitrogens with one attached hydrogen (secondary N) is 1. The number of carbonyl (C=O) groups is 1. The van der Waals surface area contributed by atoms with E-state index in [0.717, 1.165) is 65.0 Å². The normalized spacial score (nSPS) is 16.8. The fourth-order valence-electron chi connectivity index (χ4n) is 5.51. The van der Waals surface area contributed by atoms with Gasteiger partial charge in [-0.1, -0.05) is 0 Å². The maximum absolute atomic E-state index is 13.5. The lowest BCUT2D eigenvalue weighted by atomic mass is 9.97. The molecule has 35 heavy (non-hydrogen) atoms. The van der Waals surface area contributed by atoms with Crippen molar-refractivity contribution in [3.8, 4) is 0 Å². The Morgan fingerprint density at radius 3 is 2.66 bits per heavy atom. The molecule has 4 aromatic rings. The number of hydrogen-bond acceptors (Lipinski definition) is 7. The summed E-state index contributed by atoms with van der Waals surface area (Å²) in [6, 6.07) is 1.87. The molecule has 2 aliphatic rings. The summed E-state index contributed by atoms with van der Waals surface area (Å²) in [5, 5.41) is 6.10. The molecule has 0 spiro atoms. The predicted molar refractivity (Wildman–Crippen MR) is 136 cm³/mol. The van der Waals surface area contributed by atoms with Gasteiger partial charge in [-0.3, -0.25) is 19.2 Å². The van der Waals surface area contributed by atoms with Crippen LogP contribution in [-0.2, 0) is 26.4 Å². The van der Waals surface area contributed by atoms with Gasteiger partial charge in [-0.05, 0) is 51.2 Å². The molecule has 1 aliphatic carbocycles. The number of thiophene rings is 1. The molecule has 9 nitrogen and oxygen atoms in total. The molecule has 1 saturated heterocycles. The SMILES string of the molecule is Cc1cc(C(=O)N2CCN(Cc3nc4sc5c(c4c(=O)[nH]3)CCCC5)CC2)c2c(C)nn(C)c2n1. The quantitative estimate of drug-likeness (QED) is 0.473. The van der Waals surface area contributed by atoms with E-state index in [1.54, 1.807) is 16.0 Å². The highest BCUT2D eigenvalue weighted by Crippen LogP contribution is 2.33. The van der Waals surface area contributed by atoms with Gasteiger partial charge in [0.15, 0.2) is 5.65 Å². The lowest BCUT2D eigenvalue weighted by molar-refractivity contribution is 0.0627. The van der Waals surface area contributed by atoms with Crippen molar-refractivity contribution in [3.63, 3.8) is 0 Å². The number of aromatic nitrogens is 5. The van der Waals surface area contributed by atoms with Crippen LogP contribution < -0.4 is 5.56 Å². The molecule has 0 bridgehead atoms. The zero-order valence-electron chi connectivity index (χ0n) is 20.3. The Labute approximate surface area is 206 Å². The Balaban J connectivity index is 1.18. The number of H-pyrrole nitrogens is 1. The summed E-state index contributed by atoms with van der Waals surface area (Å²) in [6.45, 7) is 7.12. The van der Waals surface area contributed by atoms with Crippen molar-refractivity contribution in [1.82, 2.24) is 34.5 Å². The summed E-state index contributed by atoms with van der Waals surface area (Å²) in [7, 11) is 1.86. The predicted octanol–water partition coefficient (Wildman–Crippen LogP) is 2.72. The topological polar surface area (TPSA) is 100 Å². The maximum Gasteiger partial charge on any atom is 0.259 e. The summed E-state index contributed by atoms with van der Waals surface area (Å²) in [4.78, 5) is 45.1. The molecule has 0 atom stereocenters. The van der Waals surface area contributed by atoms with Crippen LogP contribution in [0.25, 0.3) is 21.3 Å². The summed E-state index contributed by atoms with van der Waals surface area (Å²) in [6.07, 6.45) is 4.38. The monoisotopic (exact) mass is 491 g/mol. The van der Waals surface area contributed by atoms with Crippen molar-refractivity contribution in [2.45, 2.75) is 46.1 Å². The van der Waals surface area contributed by atoms with Crippen molar-refractivity contribution >= 4 is 38.5 Å². The van der Waals surface area contributed by atoms with Crippen molar-refractivity contribution in [1.29, 1.82) is 0 Å². The van der Waals surface area contributed by atoms with Crippen LogP contribution in [0.5, 0.6) is 0 Å². The van der Waals surface area contributed by atoms with Crippen molar-refractivity contribution in [2.75, 3.05) is 26.2 Å². The van der Waals surface area contributed by atoms with Crippen molar-refractivity contribution in [2.24, 2.45) is 7.05 Å². The van der Waals surface area contributed by atoms with Crippen LogP contribution in [-0.4, -0.2) is 66.6 Å². The van der Waals surface area contributed by atoms with Crippen LogP contribution in [0.3, 0.4) is 0 Å². The van der Waals surface area contributed by atoms with Gasteiger partial charge in [0.25, 0.3) is 11.5 Å². The standard InChI is InChI=1S/C25H29N7O2S/c1-14-12-17(20-15(2)29-30(3)22(20)26-14)25(34)32-10-8-31(9-11-32)13-19-27-23(33)21-16-6-4-5-7-18(16)35-24(21)28-19/h12H,4-11,13H2,1-3H3,(H,27,28,33). The van der Waals surface area contributed by atoms with Gasteiger partial charge in [-0.15, -0.1) is 11.3 Å². The largest absolute Gasteiger partial charge is 0.336 e. The molecular weight excluding hydrogens is 462 g/mol. The number of carbonyl (C=O) groups excluding carboxylic acids is 1. The number of aryl methyl sites for hydroxylation is 5. The molecule has 1 fully saturated rings. The zero-order valence-corrected chi connectivity index (χ0v) is 21.2. The second-order valence-corrected chi connectivity index (χ2v) is 10.8. The smallest absolute Gasteiger partial charge is 0.259 e. The minimum atomic E-state index is -0.0119. The fraction of sp³-hybridized carbons (Fsp3) is 0.480. The molecule has 0 unspecified atom stereocenters. The highest BCUT2D eigenvalue weighted by atomic mass is 32.1. The highest BCUT2D eigenvalue weighted by molar-refractivity contribution is 7.18. The van der Waals surface area contributed by atoms with E-state index >= 15 is 0 Å². The molecule has 1 aliphatic heterocycles. The third-order valence-electron chi connectivity index (χ3n) is 7.23. The Kier molecular flexibility index (Phi) is 5.45. The van der Waals surface area contributed by atoms with Crippen LogP contribution in [0.2, 0.25) is 0 Å². The number of amides is 1. The van der Waals surface area contributed by atoms with E-state index in [1.807, 2.05) is 31.9 Å². The lowest BCUT2D eigenvalue weighted by Crippen LogP contribution is -2.48. The van der Waals surface area contributed by atoms with E-state index in [1.165, 1.54) is 16.9 Å². The lowest BCUT2D eigenvalue weighted by Gasteiger charge is -2.34. The third-order valence-corrected chi connectivity index (χ3v) is 8.42. The number of pyridine rings is 1. The molecule has 4 aromatic heterocycles. The number of rotatable bonds is 3. The van der Waals surface area contributed by atoms with Gasteiger partial charge in [-0.2, -0.15) is 5.10 Å². The van der Waals surface area contributed by atoms with Gasteiger partial charge in [-0.25, -0.2) is 9.97 Å². The molecule has 0 saturated carbocycles. The first kappa shape index (κ1) is 22.4. The molecule has 182 valence electrons. The molecular formula is C25H29N7O2S. The van der Waals surface area contributed by atoms with Gasteiger partial charge in [0.1, 0.15) is 10.7 Å². The fourth-order valence-corrected chi connectivity index (χ4v) is 6.79. The number of piperazine rings is 1. The van der Waals surface area contributed by atoms with E-state index in [-0.39, 0.29) is 11.5 Å². The average molecular weight is 492 g/mol. The van der Waals surface area contributed by atoms with E-state index in [4.69, 9.17) is 4.98 Å². The van der Waals surface area contributed by atoms with Crippen LogP contribution in [0.4, 0.5) is 0 Å². The molecule has 1 amide bonds. The first-order valence-corrected chi connectivity index (χ1v) is 13.1. The molecule has 10 heteroatoms. The molecule has 6 rings (SSSR count). The molecule has 0 radical (unpaired) electrons. The van der Waals surface area contributed by atoms with Crippen LogP contribution in [0, 0.1) is 13.8 Å². The van der Waals surface area contributed by atoms with E-state index in [9.17, 15) is 9.59 Å². The summed E-state index contributed by atoms with van der Waals surface area (Å²) in [5.41, 5.74) is 4.24. The van der Waals surface area contributed by atoms with Crippen molar-refractivity contribution in [3.05, 3.63) is 49.6 Å². The number of fused-ring (bicyclic) bond motifs is 4. The van der Waals surface area contributed by atoms with Crippen LogP contribution in [0.15, 0.2) is 10.9 Å². The average Bonchev–Trinajstić information content (AvgIpc) is 3.35. The number of aromatic amines is 1. The molecule has 0 aromatic carbocycles.